The van der Waals surface area contributed by atoms with E-state index in [1.807, 2.05) is 0 Å². The van der Waals surface area contributed by atoms with Crippen LogP contribution in [-0.2, 0) is 6.61 Å². The van der Waals surface area contributed by atoms with Crippen LogP contribution in [-0.4, -0.2) is 15.4 Å². The molecule has 0 atom stereocenters. The highest BCUT2D eigenvalue weighted by atomic mass is 79.9. The van der Waals surface area contributed by atoms with Crippen LogP contribution in [0.15, 0.2) is 12.3 Å². The summed E-state index contributed by atoms with van der Waals surface area (Å²) in [5.41, 5.74) is 6.87. The van der Waals surface area contributed by atoms with Gasteiger partial charge in [-0.05, 0) is 6.07 Å². The van der Waals surface area contributed by atoms with Crippen molar-refractivity contribution in [2.75, 3.05) is 11.1 Å². The number of rotatable bonds is 1. The van der Waals surface area contributed by atoms with Crippen molar-refractivity contribution >= 4 is 21.7 Å². The maximum absolute atomic E-state index is 8.89. The fourth-order valence-corrected chi connectivity index (χ4v) is 0.992. The van der Waals surface area contributed by atoms with Crippen LogP contribution in [0, 0.1) is 11.8 Å². The van der Waals surface area contributed by atoms with Crippen molar-refractivity contribution in [3.05, 3.63) is 23.4 Å². The number of aliphatic hydroxyl groups excluding tert-OH is 1. The molecule has 0 radical (unpaired) electrons. The van der Waals surface area contributed by atoms with Crippen LogP contribution in [0.3, 0.4) is 0 Å². The Kier molecular flexibility index (Phi) is 3.74. The number of nitrogens with zero attached hydrogens (tertiary/aromatic N) is 1. The molecule has 1 aromatic heterocycles. The van der Waals surface area contributed by atoms with E-state index >= 15 is 0 Å². The van der Waals surface area contributed by atoms with Gasteiger partial charge in [-0.3, -0.25) is 0 Å². The van der Waals surface area contributed by atoms with Crippen molar-refractivity contribution in [3.63, 3.8) is 0 Å². The lowest BCUT2D eigenvalue weighted by molar-refractivity contribution is 0.282. The summed E-state index contributed by atoms with van der Waals surface area (Å²) >= 11 is 3.19. The number of hydrogen-bond donors (Lipinski definition) is 2. The number of alkyl halides is 1. The van der Waals surface area contributed by atoms with Gasteiger partial charge in [0.25, 0.3) is 0 Å². The molecule has 13 heavy (non-hydrogen) atoms. The van der Waals surface area contributed by atoms with Gasteiger partial charge in [0.15, 0.2) is 0 Å². The van der Waals surface area contributed by atoms with Crippen molar-refractivity contribution in [3.8, 4) is 11.8 Å². The smallest absolute Gasteiger partial charge is 0.128 e. The fraction of sp³-hybridized carbons (Fsp3) is 0.222. The molecule has 0 saturated carbocycles. The molecule has 0 aliphatic rings. The second-order valence-corrected chi connectivity index (χ2v) is 2.92. The zero-order valence-electron chi connectivity index (χ0n) is 6.92. The molecule has 3 nitrogen and oxygen atoms in total. The molecule has 1 heterocycles. The first-order valence-electron chi connectivity index (χ1n) is 3.68. The monoisotopic (exact) mass is 240 g/mol. The molecule has 1 rings (SSSR count). The quantitative estimate of drug-likeness (QED) is 0.567. The lowest BCUT2D eigenvalue weighted by atomic mass is 10.2. The molecule has 0 aliphatic carbocycles. The van der Waals surface area contributed by atoms with Gasteiger partial charge in [-0.25, -0.2) is 4.98 Å². The Morgan fingerprint density at radius 3 is 3.00 bits per heavy atom. The number of pyridine rings is 1. The van der Waals surface area contributed by atoms with Crippen molar-refractivity contribution in [1.29, 1.82) is 0 Å². The lowest BCUT2D eigenvalue weighted by Gasteiger charge is -2.00. The predicted molar refractivity (Wildman–Crippen MR) is 55.2 cm³/mol. The van der Waals surface area contributed by atoms with Crippen LogP contribution in [0.1, 0.15) is 11.1 Å². The number of anilines is 1. The van der Waals surface area contributed by atoms with Gasteiger partial charge in [0.05, 0.1) is 11.9 Å². The first kappa shape index (κ1) is 10.0. The van der Waals surface area contributed by atoms with Gasteiger partial charge in [-0.1, -0.05) is 27.8 Å². The molecule has 0 aliphatic heterocycles. The van der Waals surface area contributed by atoms with E-state index in [1.54, 1.807) is 12.3 Å². The number of aliphatic hydroxyl groups is 1. The van der Waals surface area contributed by atoms with Crippen molar-refractivity contribution in [2.45, 2.75) is 6.61 Å². The third-order valence-electron chi connectivity index (χ3n) is 1.47. The second-order valence-electron chi connectivity index (χ2n) is 2.36. The molecule has 3 N–H and O–H groups in total. The highest BCUT2D eigenvalue weighted by Crippen LogP contribution is 2.09. The van der Waals surface area contributed by atoms with Crippen LogP contribution in [0.4, 0.5) is 5.82 Å². The molecule has 68 valence electrons. The molecule has 0 unspecified atom stereocenters. The zero-order chi connectivity index (χ0) is 9.68. The van der Waals surface area contributed by atoms with Crippen molar-refractivity contribution in [2.24, 2.45) is 0 Å². The minimum atomic E-state index is -0.108. The van der Waals surface area contributed by atoms with E-state index in [-0.39, 0.29) is 6.61 Å². The zero-order valence-corrected chi connectivity index (χ0v) is 8.50. The SMILES string of the molecule is Nc1ncc(C#CCBr)cc1CO. The second kappa shape index (κ2) is 4.85. The Morgan fingerprint density at radius 1 is 1.62 bits per heavy atom. The van der Waals surface area contributed by atoms with Gasteiger partial charge in [0.1, 0.15) is 5.82 Å². The van der Waals surface area contributed by atoms with Crippen LogP contribution in [0.5, 0.6) is 0 Å². The van der Waals surface area contributed by atoms with Gasteiger partial charge in [-0.15, -0.1) is 0 Å². The molecule has 0 spiro atoms. The van der Waals surface area contributed by atoms with Gasteiger partial charge < -0.3 is 10.8 Å². The predicted octanol–water partition coefficient (Wildman–Crippen LogP) is 0.903. The molecule has 0 fully saturated rings. The van der Waals surface area contributed by atoms with E-state index in [0.29, 0.717) is 16.7 Å². The fourth-order valence-electron chi connectivity index (χ4n) is 0.851. The number of nitrogens with two attached hydrogens (primary N) is 1. The maximum atomic E-state index is 8.89. The summed E-state index contributed by atoms with van der Waals surface area (Å²) < 4.78 is 0. The summed E-state index contributed by atoms with van der Waals surface area (Å²) in [6.07, 6.45) is 1.59. The van der Waals surface area contributed by atoms with Crippen molar-refractivity contribution in [1.82, 2.24) is 4.98 Å². The third-order valence-corrected chi connectivity index (χ3v) is 1.75. The van der Waals surface area contributed by atoms with Crippen LogP contribution >= 0.6 is 15.9 Å². The molecular formula is C9H9BrN2O. The topological polar surface area (TPSA) is 59.1 Å². The highest BCUT2D eigenvalue weighted by Gasteiger charge is 1.98. The minimum absolute atomic E-state index is 0.108. The molecule has 0 aromatic carbocycles. The number of nitrogen functional groups attached to an aromatic ring is 1. The van der Waals surface area contributed by atoms with E-state index in [1.165, 1.54) is 0 Å². The number of aromatic nitrogens is 1. The maximum Gasteiger partial charge on any atom is 0.128 e. The van der Waals surface area contributed by atoms with Crippen LogP contribution in [0.2, 0.25) is 0 Å². The molecule has 0 saturated heterocycles. The van der Waals surface area contributed by atoms with Gasteiger partial charge in [-0.2, -0.15) is 0 Å². The van der Waals surface area contributed by atoms with E-state index in [9.17, 15) is 0 Å². The van der Waals surface area contributed by atoms with Crippen LogP contribution in [0.25, 0.3) is 0 Å². The number of halogens is 1. The standard InChI is InChI=1S/C9H9BrN2O/c10-3-1-2-7-4-8(6-13)9(11)12-5-7/h4-5,13H,3,6H2,(H2,11,12). The lowest BCUT2D eigenvalue weighted by Crippen LogP contribution is -1.98. The largest absolute Gasteiger partial charge is 0.392 e. The van der Waals surface area contributed by atoms with Crippen LogP contribution < -0.4 is 5.73 Å². The normalized spacial score (nSPS) is 9.08. The average Bonchev–Trinajstić information content (AvgIpc) is 2.16. The molecular weight excluding hydrogens is 232 g/mol. The minimum Gasteiger partial charge on any atom is -0.392 e. The Balaban J connectivity index is 2.99. The Morgan fingerprint density at radius 2 is 2.38 bits per heavy atom. The third kappa shape index (κ3) is 2.72. The molecule has 0 amide bonds. The Labute approximate surface area is 85.1 Å². The average molecular weight is 241 g/mol. The molecule has 4 heteroatoms. The summed E-state index contributed by atoms with van der Waals surface area (Å²) in [4.78, 5) is 3.90. The Bertz CT molecular complexity index is 354. The summed E-state index contributed by atoms with van der Waals surface area (Å²) in [6, 6.07) is 1.73. The van der Waals surface area contributed by atoms with E-state index in [4.69, 9.17) is 10.8 Å². The highest BCUT2D eigenvalue weighted by molar-refractivity contribution is 9.09. The van der Waals surface area contributed by atoms with Gasteiger partial charge in [0.2, 0.25) is 0 Å². The van der Waals surface area contributed by atoms with Gasteiger partial charge in [0, 0.05) is 17.3 Å². The molecule has 1 aromatic rings. The summed E-state index contributed by atoms with van der Waals surface area (Å²) in [5, 5.41) is 9.51. The summed E-state index contributed by atoms with van der Waals surface area (Å²) in [7, 11) is 0. The molecule has 0 bridgehead atoms. The summed E-state index contributed by atoms with van der Waals surface area (Å²) in [5.74, 6) is 6.06. The van der Waals surface area contributed by atoms with E-state index in [0.717, 1.165) is 5.56 Å². The summed E-state index contributed by atoms with van der Waals surface area (Å²) in [6.45, 7) is -0.108. The first-order valence-corrected chi connectivity index (χ1v) is 4.80. The van der Waals surface area contributed by atoms with Crippen molar-refractivity contribution < 1.29 is 5.11 Å². The van der Waals surface area contributed by atoms with E-state index < -0.39 is 0 Å². The first-order chi connectivity index (χ1) is 6.27. The number of hydrogen-bond acceptors (Lipinski definition) is 3. The van der Waals surface area contributed by atoms with E-state index in [2.05, 4.69) is 32.8 Å². The van der Waals surface area contributed by atoms with Gasteiger partial charge >= 0.3 is 0 Å². The Hall–Kier alpha value is -1.05.